The van der Waals surface area contributed by atoms with Gasteiger partial charge in [-0.05, 0) is 31.7 Å². The highest BCUT2D eigenvalue weighted by Crippen LogP contribution is 2.38. The minimum Gasteiger partial charge on any atom is -0.465 e. The first-order valence-electron chi connectivity index (χ1n) is 9.59. The molecular formula is C18H25N3O7S2. The monoisotopic (exact) mass is 459 g/mol. The van der Waals surface area contributed by atoms with Crippen molar-refractivity contribution in [1.82, 2.24) is 9.21 Å². The molecule has 2 amide bonds. The van der Waals surface area contributed by atoms with Crippen LogP contribution in [-0.2, 0) is 37.3 Å². The van der Waals surface area contributed by atoms with E-state index in [4.69, 9.17) is 9.47 Å². The molecule has 0 bridgehead atoms. The minimum atomic E-state index is -3.52. The van der Waals surface area contributed by atoms with E-state index in [1.165, 1.54) is 27.7 Å². The summed E-state index contributed by atoms with van der Waals surface area (Å²) in [6.45, 7) is 2.92. The normalized spacial score (nSPS) is 19.3. The highest BCUT2D eigenvalue weighted by atomic mass is 32.2. The maximum Gasteiger partial charge on any atom is 0.410 e. The second-order valence-corrected chi connectivity index (χ2v) is 10.1. The molecule has 0 saturated carbocycles. The van der Waals surface area contributed by atoms with Crippen LogP contribution in [0.15, 0.2) is 0 Å². The Bertz CT molecular complexity index is 957. The van der Waals surface area contributed by atoms with Crippen LogP contribution in [0, 0.1) is 0 Å². The summed E-state index contributed by atoms with van der Waals surface area (Å²) < 4.78 is 35.0. The average molecular weight is 460 g/mol. The number of hydrogen-bond donors (Lipinski definition) is 1. The quantitative estimate of drug-likeness (QED) is 0.661. The van der Waals surface area contributed by atoms with E-state index in [9.17, 15) is 22.8 Å². The molecule has 0 aromatic carbocycles. The number of anilines is 1. The Morgan fingerprint density at radius 1 is 1.27 bits per heavy atom. The van der Waals surface area contributed by atoms with Crippen molar-refractivity contribution in [3.05, 3.63) is 16.0 Å². The Hall–Kier alpha value is -2.18. The number of hydrogen-bond acceptors (Lipinski definition) is 8. The Morgan fingerprint density at radius 2 is 2.00 bits per heavy atom. The van der Waals surface area contributed by atoms with Crippen molar-refractivity contribution in [2.24, 2.45) is 0 Å². The van der Waals surface area contributed by atoms with Gasteiger partial charge in [0.1, 0.15) is 11.0 Å². The zero-order valence-corrected chi connectivity index (χ0v) is 18.7. The van der Waals surface area contributed by atoms with Crippen LogP contribution in [0.4, 0.5) is 9.80 Å². The van der Waals surface area contributed by atoms with Gasteiger partial charge in [0.15, 0.2) is 0 Å². The average Bonchev–Trinajstić information content (AvgIpc) is 3.31. The number of carbonyl (C=O) groups excluding carboxylic acids is 3. The molecule has 2 aliphatic rings. The van der Waals surface area contributed by atoms with Crippen molar-refractivity contribution < 1.29 is 32.3 Å². The van der Waals surface area contributed by atoms with Crippen molar-refractivity contribution in [3.63, 3.8) is 0 Å². The first-order chi connectivity index (χ1) is 14.2. The SMILES string of the molecule is CCOC(=O)N1CCc2c(sc(NC(=O)C3CCCN3S(C)(=O)=O)c2C(=O)OC)C1. The molecular weight excluding hydrogens is 434 g/mol. The number of rotatable bonds is 5. The van der Waals surface area contributed by atoms with Crippen LogP contribution in [0.3, 0.4) is 0 Å². The molecule has 0 radical (unpaired) electrons. The maximum absolute atomic E-state index is 12.9. The summed E-state index contributed by atoms with van der Waals surface area (Å²) in [5, 5.41) is 3.04. The second kappa shape index (κ2) is 8.90. The third-order valence-corrected chi connectivity index (χ3v) is 7.56. The summed E-state index contributed by atoms with van der Waals surface area (Å²) in [6, 6.07) is -0.819. The van der Waals surface area contributed by atoms with Crippen molar-refractivity contribution in [2.75, 3.05) is 38.4 Å². The van der Waals surface area contributed by atoms with Crippen LogP contribution in [-0.4, -0.2) is 74.7 Å². The van der Waals surface area contributed by atoms with E-state index in [1.807, 2.05) is 0 Å². The fraction of sp³-hybridized carbons (Fsp3) is 0.611. The number of amides is 2. The lowest BCUT2D eigenvalue weighted by atomic mass is 10.0. The van der Waals surface area contributed by atoms with E-state index >= 15 is 0 Å². The summed E-state index contributed by atoms with van der Waals surface area (Å²) in [6.07, 6.45) is 2.06. The van der Waals surface area contributed by atoms with Gasteiger partial charge in [-0.25, -0.2) is 18.0 Å². The smallest absolute Gasteiger partial charge is 0.410 e. The van der Waals surface area contributed by atoms with Crippen molar-refractivity contribution >= 4 is 44.3 Å². The highest BCUT2D eigenvalue weighted by Gasteiger charge is 2.38. The van der Waals surface area contributed by atoms with E-state index in [2.05, 4.69) is 5.32 Å². The van der Waals surface area contributed by atoms with Crippen LogP contribution in [0.25, 0.3) is 0 Å². The molecule has 1 aromatic heterocycles. The summed E-state index contributed by atoms with van der Waals surface area (Å²) in [5.41, 5.74) is 0.993. The highest BCUT2D eigenvalue weighted by molar-refractivity contribution is 7.88. The molecule has 1 unspecified atom stereocenters. The van der Waals surface area contributed by atoms with Gasteiger partial charge in [-0.15, -0.1) is 11.3 Å². The third kappa shape index (κ3) is 4.44. The van der Waals surface area contributed by atoms with Gasteiger partial charge < -0.3 is 19.7 Å². The number of sulfonamides is 1. The standard InChI is InChI=1S/C18H25N3O7S2/c1-4-28-18(24)20-9-7-11-13(10-20)29-16(14(11)17(23)27-2)19-15(22)12-6-5-8-21(12)30(3,25)26/h12H,4-10H2,1-3H3,(H,19,22). The van der Waals surface area contributed by atoms with Crippen molar-refractivity contribution in [1.29, 1.82) is 0 Å². The topological polar surface area (TPSA) is 122 Å². The predicted molar refractivity (Wildman–Crippen MR) is 110 cm³/mol. The number of fused-ring (bicyclic) bond motifs is 1. The first-order valence-corrected chi connectivity index (χ1v) is 12.3. The van der Waals surface area contributed by atoms with Gasteiger partial charge in [-0.2, -0.15) is 4.31 Å². The number of carbonyl (C=O) groups is 3. The number of nitrogens with one attached hydrogen (secondary N) is 1. The van der Waals surface area contributed by atoms with E-state index in [0.717, 1.165) is 16.7 Å². The molecule has 10 nitrogen and oxygen atoms in total. The second-order valence-electron chi connectivity index (χ2n) is 7.09. The molecule has 0 aliphatic carbocycles. The Labute approximate surface area is 179 Å². The van der Waals surface area contributed by atoms with Gasteiger partial charge in [-0.3, -0.25) is 4.79 Å². The van der Waals surface area contributed by atoms with E-state index in [1.54, 1.807) is 6.92 Å². The molecule has 1 saturated heterocycles. The molecule has 3 heterocycles. The van der Waals surface area contributed by atoms with Crippen LogP contribution >= 0.6 is 11.3 Å². The number of methoxy groups -OCH3 is 1. The third-order valence-electron chi connectivity index (χ3n) is 5.14. The van der Waals surface area contributed by atoms with Crippen LogP contribution in [0.5, 0.6) is 0 Å². The lowest BCUT2D eigenvalue weighted by Crippen LogP contribution is -2.42. The molecule has 1 atom stereocenters. The number of thiophene rings is 1. The van der Waals surface area contributed by atoms with Crippen molar-refractivity contribution in [3.8, 4) is 0 Å². The van der Waals surface area contributed by atoms with E-state index in [0.29, 0.717) is 30.8 Å². The van der Waals surface area contributed by atoms with Crippen LogP contribution in [0.1, 0.15) is 40.6 Å². The van der Waals surface area contributed by atoms with Crippen LogP contribution < -0.4 is 5.32 Å². The van der Waals surface area contributed by atoms with Gasteiger partial charge in [-0.1, -0.05) is 0 Å². The van der Waals surface area contributed by atoms with E-state index in [-0.39, 0.29) is 25.3 Å². The molecule has 1 aromatic rings. The zero-order valence-electron chi connectivity index (χ0n) is 17.1. The molecule has 12 heteroatoms. The molecule has 3 rings (SSSR count). The van der Waals surface area contributed by atoms with Gasteiger partial charge in [0.05, 0.1) is 32.1 Å². The lowest BCUT2D eigenvalue weighted by Gasteiger charge is -2.26. The lowest BCUT2D eigenvalue weighted by molar-refractivity contribution is -0.119. The summed E-state index contributed by atoms with van der Waals surface area (Å²) in [5.74, 6) is -1.07. The summed E-state index contributed by atoms with van der Waals surface area (Å²) in [4.78, 5) is 39.6. The van der Waals surface area contributed by atoms with E-state index < -0.39 is 34.0 Å². The molecule has 0 spiro atoms. The summed E-state index contributed by atoms with van der Waals surface area (Å²) >= 11 is 1.19. The number of nitrogens with zero attached hydrogens (tertiary/aromatic N) is 2. The molecule has 2 aliphatic heterocycles. The first kappa shape index (κ1) is 22.5. The fourth-order valence-electron chi connectivity index (χ4n) is 3.77. The Balaban J connectivity index is 1.87. The van der Waals surface area contributed by atoms with Gasteiger partial charge in [0.25, 0.3) is 0 Å². The maximum atomic E-state index is 12.9. The largest absolute Gasteiger partial charge is 0.465 e. The Kier molecular flexibility index (Phi) is 6.68. The predicted octanol–water partition coefficient (Wildman–Crippen LogP) is 1.41. The summed E-state index contributed by atoms with van der Waals surface area (Å²) in [7, 11) is -2.26. The molecule has 30 heavy (non-hydrogen) atoms. The van der Waals surface area contributed by atoms with Crippen LogP contribution in [0.2, 0.25) is 0 Å². The van der Waals surface area contributed by atoms with Gasteiger partial charge >= 0.3 is 12.1 Å². The fourth-order valence-corrected chi connectivity index (χ4v) is 6.15. The van der Waals surface area contributed by atoms with Gasteiger partial charge in [0.2, 0.25) is 15.9 Å². The zero-order chi connectivity index (χ0) is 22.1. The minimum absolute atomic E-state index is 0.261. The van der Waals surface area contributed by atoms with Crippen molar-refractivity contribution in [2.45, 2.75) is 38.8 Å². The number of ether oxygens (including phenoxy) is 2. The number of esters is 1. The molecule has 166 valence electrons. The van der Waals surface area contributed by atoms with Gasteiger partial charge in [0, 0.05) is 18.0 Å². The molecule has 1 fully saturated rings. The molecule has 1 N–H and O–H groups in total. The Morgan fingerprint density at radius 3 is 2.63 bits per heavy atom.